The summed E-state index contributed by atoms with van der Waals surface area (Å²) in [5, 5.41) is 9.83. The highest BCUT2D eigenvalue weighted by Gasteiger charge is 2.18. The Bertz CT molecular complexity index is 424. The van der Waals surface area contributed by atoms with Gasteiger partial charge in [-0.1, -0.05) is 24.3 Å². The molecule has 2 rings (SSSR count). The van der Waals surface area contributed by atoms with Gasteiger partial charge in [0.15, 0.2) is 6.10 Å². The van der Waals surface area contributed by atoms with Crippen LogP contribution >= 0.6 is 0 Å². The van der Waals surface area contributed by atoms with Gasteiger partial charge >= 0.3 is 5.97 Å². The molecule has 1 saturated heterocycles. The molecule has 110 valence electrons. The summed E-state index contributed by atoms with van der Waals surface area (Å²) in [5.41, 5.74) is 1.82. The highest BCUT2D eigenvalue weighted by atomic mass is 16.5. The summed E-state index contributed by atoms with van der Waals surface area (Å²) < 4.78 is 4.81. The third kappa shape index (κ3) is 4.05. The number of nitrogens with zero attached hydrogens (tertiary/aromatic N) is 1. The van der Waals surface area contributed by atoms with Gasteiger partial charge in [0.25, 0.3) is 0 Å². The van der Waals surface area contributed by atoms with E-state index in [1.54, 1.807) is 19.1 Å². The van der Waals surface area contributed by atoms with Crippen molar-refractivity contribution >= 4 is 5.97 Å². The molecular formula is C16H23NO3. The molecule has 0 radical (unpaired) electrons. The highest BCUT2D eigenvalue weighted by molar-refractivity contribution is 5.76. The lowest BCUT2D eigenvalue weighted by Gasteiger charge is -2.14. The third-order valence-corrected chi connectivity index (χ3v) is 3.72. The normalized spacial score (nSPS) is 17.1. The van der Waals surface area contributed by atoms with Crippen LogP contribution in [0.4, 0.5) is 0 Å². The van der Waals surface area contributed by atoms with Gasteiger partial charge in [-0.2, -0.15) is 0 Å². The molecule has 1 aromatic rings. The Labute approximate surface area is 120 Å². The maximum atomic E-state index is 11.4. The smallest absolute Gasteiger partial charge is 0.339 e. The lowest BCUT2D eigenvalue weighted by Crippen LogP contribution is -2.22. The molecule has 0 saturated carbocycles. The first-order valence-corrected chi connectivity index (χ1v) is 7.36. The van der Waals surface area contributed by atoms with Crippen molar-refractivity contribution in [2.45, 2.75) is 32.3 Å². The van der Waals surface area contributed by atoms with E-state index in [4.69, 9.17) is 4.74 Å². The van der Waals surface area contributed by atoms with E-state index in [1.807, 2.05) is 12.1 Å². The summed E-state index contributed by atoms with van der Waals surface area (Å²) in [7, 11) is 0. The number of benzene rings is 1. The highest BCUT2D eigenvalue weighted by Crippen LogP contribution is 2.16. The van der Waals surface area contributed by atoms with Crippen LogP contribution in [0.5, 0.6) is 0 Å². The van der Waals surface area contributed by atoms with Gasteiger partial charge in [-0.15, -0.1) is 0 Å². The first-order valence-electron chi connectivity index (χ1n) is 7.36. The van der Waals surface area contributed by atoms with E-state index in [0.717, 1.165) is 13.0 Å². The summed E-state index contributed by atoms with van der Waals surface area (Å²) in [6.07, 6.45) is 2.45. The largest absolute Gasteiger partial charge is 0.464 e. The molecule has 1 atom stereocenters. The number of rotatable bonds is 6. The Morgan fingerprint density at radius 1 is 1.30 bits per heavy atom. The predicted octanol–water partition coefficient (Wildman–Crippen LogP) is 1.92. The molecule has 0 amide bonds. The molecule has 1 unspecified atom stereocenters. The molecule has 4 heteroatoms. The molecule has 0 aromatic heterocycles. The number of carbonyl (C=O) groups excluding carboxylic acids is 1. The van der Waals surface area contributed by atoms with Crippen molar-refractivity contribution in [3.8, 4) is 0 Å². The van der Waals surface area contributed by atoms with E-state index in [-0.39, 0.29) is 6.61 Å². The van der Waals surface area contributed by atoms with Crippen LogP contribution in [0.25, 0.3) is 0 Å². The van der Waals surface area contributed by atoms with Gasteiger partial charge < -0.3 is 14.7 Å². The number of carbonyl (C=O) groups is 1. The third-order valence-electron chi connectivity index (χ3n) is 3.72. The van der Waals surface area contributed by atoms with Gasteiger partial charge in [0.05, 0.1) is 6.61 Å². The van der Waals surface area contributed by atoms with Crippen LogP contribution in [0.3, 0.4) is 0 Å². The van der Waals surface area contributed by atoms with Crippen molar-refractivity contribution in [1.29, 1.82) is 0 Å². The monoisotopic (exact) mass is 277 g/mol. The standard InChI is InChI=1S/C16H23NO3/c1-2-20-16(19)15(18)14-7-5-13(6-8-14)9-12-17-10-3-4-11-17/h5-8,15,18H,2-4,9-12H2,1H3. The van der Waals surface area contributed by atoms with Crippen molar-refractivity contribution in [3.05, 3.63) is 35.4 Å². The van der Waals surface area contributed by atoms with Gasteiger partial charge in [0, 0.05) is 6.54 Å². The second kappa shape index (κ2) is 7.41. The average molecular weight is 277 g/mol. The maximum absolute atomic E-state index is 11.4. The minimum Gasteiger partial charge on any atom is -0.464 e. The van der Waals surface area contributed by atoms with Crippen LogP contribution in [0.1, 0.15) is 37.0 Å². The molecule has 1 aromatic carbocycles. The predicted molar refractivity (Wildman–Crippen MR) is 77.4 cm³/mol. The molecule has 4 nitrogen and oxygen atoms in total. The quantitative estimate of drug-likeness (QED) is 0.807. The zero-order chi connectivity index (χ0) is 14.4. The number of hydrogen-bond donors (Lipinski definition) is 1. The fourth-order valence-corrected chi connectivity index (χ4v) is 2.52. The molecule has 0 bridgehead atoms. The van der Waals surface area contributed by atoms with Gasteiger partial charge in [0.1, 0.15) is 0 Å². The zero-order valence-corrected chi connectivity index (χ0v) is 12.0. The van der Waals surface area contributed by atoms with E-state index in [9.17, 15) is 9.90 Å². The molecule has 20 heavy (non-hydrogen) atoms. The maximum Gasteiger partial charge on any atom is 0.339 e. The number of aliphatic hydroxyl groups is 1. The number of esters is 1. The van der Waals surface area contributed by atoms with E-state index >= 15 is 0 Å². The van der Waals surface area contributed by atoms with E-state index in [2.05, 4.69) is 4.90 Å². The molecule has 1 fully saturated rings. The Kier molecular flexibility index (Phi) is 5.56. The molecule has 0 spiro atoms. The van der Waals surface area contributed by atoms with Crippen LogP contribution < -0.4 is 0 Å². The average Bonchev–Trinajstić information content (AvgIpc) is 2.98. The Morgan fingerprint density at radius 3 is 2.55 bits per heavy atom. The fourth-order valence-electron chi connectivity index (χ4n) is 2.52. The molecule has 1 N–H and O–H groups in total. The number of aliphatic hydroxyl groups excluding tert-OH is 1. The van der Waals surface area contributed by atoms with Crippen LogP contribution in [-0.2, 0) is 16.0 Å². The van der Waals surface area contributed by atoms with Crippen molar-refractivity contribution in [3.63, 3.8) is 0 Å². The van der Waals surface area contributed by atoms with Crippen molar-refractivity contribution in [2.24, 2.45) is 0 Å². The van der Waals surface area contributed by atoms with E-state index in [0.29, 0.717) is 5.56 Å². The number of likely N-dealkylation sites (tertiary alicyclic amines) is 1. The van der Waals surface area contributed by atoms with Crippen LogP contribution in [0.2, 0.25) is 0 Å². The van der Waals surface area contributed by atoms with Crippen LogP contribution in [-0.4, -0.2) is 42.2 Å². The lowest BCUT2D eigenvalue weighted by atomic mass is 10.1. The van der Waals surface area contributed by atoms with Crippen molar-refractivity contribution in [1.82, 2.24) is 4.90 Å². The molecular weight excluding hydrogens is 254 g/mol. The van der Waals surface area contributed by atoms with Crippen LogP contribution in [0.15, 0.2) is 24.3 Å². The molecule has 0 aliphatic carbocycles. The summed E-state index contributed by atoms with van der Waals surface area (Å²) in [6.45, 7) is 5.51. The fraction of sp³-hybridized carbons (Fsp3) is 0.562. The molecule has 1 aliphatic heterocycles. The van der Waals surface area contributed by atoms with Gasteiger partial charge in [-0.05, 0) is 50.4 Å². The first kappa shape index (κ1) is 15.0. The Hall–Kier alpha value is -1.39. The number of ether oxygens (including phenoxy) is 1. The molecule has 1 heterocycles. The van der Waals surface area contributed by atoms with Crippen molar-refractivity contribution in [2.75, 3.05) is 26.2 Å². The second-order valence-electron chi connectivity index (χ2n) is 5.19. The minimum absolute atomic E-state index is 0.282. The minimum atomic E-state index is -1.18. The zero-order valence-electron chi connectivity index (χ0n) is 12.0. The van der Waals surface area contributed by atoms with Crippen molar-refractivity contribution < 1.29 is 14.6 Å². The second-order valence-corrected chi connectivity index (χ2v) is 5.19. The van der Waals surface area contributed by atoms with Gasteiger partial charge in [0.2, 0.25) is 0 Å². The lowest BCUT2D eigenvalue weighted by molar-refractivity contribution is -0.153. The summed E-state index contributed by atoms with van der Waals surface area (Å²) in [4.78, 5) is 13.9. The first-order chi connectivity index (χ1) is 9.70. The summed E-state index contributed by atoms with van der Waals surface area (Å²) in [5.74, 6) is -0.586. The van der Waals surface area contributed by atoms with Crippen LogP contribution in [0, 0.1) is 0 Å². The Morgan fingerprint density at radius 2 is 1.95 bits per heavy atom. The molecule has 1 aliphatic rings. The summed E-state index contributed by atoms with van der Waals surface area (Å²) >= 11 is 0. The number of hydrogen-bond acceptors (Lipinski definition) is 4. The topological polar surface area (TPSA) is 49.8 Å². The SMILES string of the molecule is CCOC(=O)C(O)c1ccc(CCN2CCCC2)cc1. The van der Waals surface area contributed by atoms with E-state index < -0.39 is 12.1 Å². The summed E-state index contributed by atoms with van der Waals surface area (Å²) in [6, 6.07) is 7.57. The Balaban J connectivity index is 1.86. The van der Waals surface area contributed by atoms with E-state index in [1.165, 1.54) is 31.5 Å². The van der Waals surface area contributed by atoms with Gasteiger partial charge in [-0.3, -0.25) is 0 Å². The van der Waals surface area contributed by atoms with Gasteiger partial charge in [-0.25, -0.2) is 4.79 Å².